The van der Waals surface area contributed by atoms with Gasteiger partial charge in [0.25, 0.3) is 0 Å². The van der Waals surface area contributed by atoms with Gasteiger partial charge in [0, 0.05) is 41.6 Å². The van der Waals surface area contributed by atoms with E-state index in [0.717, 1.165) is 40.9 Å². The molecule has 1 aliphatic rings. The van der Waals surface area contributed by atoms with Crippen LogP contribution < -0.4 is 10.1 Å². The van der Waals surface area contributed by atoms with Crippen LogP contribution in [0.4, 0.5) is 5.82 Å². The van der Waals surface area contributed by atoms with Crippen molar-refractivity contribution in [1.29, 1.82) is 0 Å². The minimum atomic E-state index is 0.161. The number of nitrogens with zero attached hydrogens (tertiary/aromatic N) is 3. The highest BCUT2D eigenvalue weighted by Crippen LogP contribution is 2.35. The van der Waals surface area contributed by atoms with Crippen molar-refractivity contribution < 1.29 is 4.74 Å². The summed E-state index contributed by atoms with van der Waals surface area (Å²) >= 11 is 0. The Labute approximate surface area is 163 Å². The summed E-state index contributed by atoms with van der Waals surface area (Å²) < 4.78 is 5.78. The Morgan fingerprint density at radius 3 is 2.57 bits per heavy atom. The van der Waals surface area contributed by atoms with Crippen LogP contribution in [-0.4, -0.2) is 21.8 Å². The number of para-hydroxylation sites is 1. The van der Waals surface area contributed by atoms with Gasteiger partial charge in [-0.2, -0.15) is 5.10 Å². The highest BCUT2D eigenvalue weighted by atomic mass is 16.5. The lowest BCUT2D eigenvalue weighted by molar-refractivity contribution is 0.274. The van der Waals surface area contributed by atoms with Gasteiger partial charge < -0.3 is 10.1 Å². The fourth-order valence-electron chi connectivity index (χ4n) is 3.75. The number of hydrogen-bond donors (Lipinski definition) is 1. The molecule has 0 saturated heterocycles. The fourth-order valence-corrected chi connectivity index (χ4v) is 3.75. The second-order valence-electron chi connectivity index (χ2n) is 6.95. The van der Waals surface area contributed by atoms with Crippen molar-refractivity contribution in [3.05, 3.63) is 89.9 Å². The summed E-state index contributed by atoms with van der Waals surface area (Å²) in [6.07, 6.45) is 5.25. The monoisotopic (exact) mass is 368 g/mol. The first-order chi connectivity index (χ1) is 13.9. The predicted octanol–water partition coefficient (Wildman–Crippen LogP) is 4.55. The maximum Gasteiger partial charge on any atom is 0.157 e. The summed E-state index contributed by atoms with van der Waals surface area (Å²) in [6.45, 7) is 0.695. The molecule has 0 bridgehead atoms. The molecule has 1 aliphatic heterocycles. The standard InChI is InChI=1S/C23H20N4O/c1-2-6-18-17(5-1)21(15-16-9-12-24-13-10-16)26-27-23(18)25-20-11-14-28-22-8-4-3-7-19(20)22/h1-10,12-13,20H,11,14-15H2,(H,25,27). The third kappa shape index (κ3) is 3.16. The molecule has 2 aromatic carbocycles. The Hall–Kier alpha value is -3.47. The van der Waals surface area contributed by atoms with Crippen molar-refractivity contribution in [1.82, 2.24) is 15.2 Å². The maximum atomic E-state index is 5.78. The molecule has 5 nitrogen and oxygen atoms in total. The largest absolute Gasteiger partial charge is 0.493 e. The first-order valence-corrected chi connectivity index (χ1v) is 9.50. The van der Waals surface area contributed by atoms with Crippen LogP contribution >= 0.6 is 0 Å². The zero-order chi connectivity index (χ0) is 18.8. The lowest BCUT2D eigenvalue weighted by Gasteiger charge is -2.27. The predicted molar refractivity (Wildman–Crippen MR) is 109 cm³/mol. The van der Waals surface area contributed by atoms with Crippen LogP contribution in [-0.2, 0) is 6.42 Å². The number of anilines is 1. The molecule has 0 amide bonds. The molecule has 1 N–H and O–H groups in total. The number of benzene rings is 2. The highest BCUT2D eigenvalue weighted by molar-refractivity contribution is 5.93. The van der Waals surface area contributed by atoms with Gasteiger partial charge in [0.1, 0.15) is 5.75 Å². The van der Waals surface area contributed by atoms with Crippen molar-refractivity contribution in [2.45, 2.75) is 18.9 Å². The molecule has 1 unspecified atom stereocenters. The van der Waals surface area contributed by atoms with E-state index in [1.54, 1.807) is 0 Å². The van der Waals surface area contributed by atoms with E-state index in [-0.39, 0.29) is 6.04 Å². The Kier molecular flexibility index (Phi) is 4.33. The van der Waals surface area contributed by atoms with Crippen LogP contribution in [0.5, 0.6) is 5.75 Å². The second kappa shape index (κ2) is 7.27. The number of ether oxygens (including phenoxy) is 1. The minimum Gasteiger partial charge on any atom is -0.493 e. The van der Waals surface area contributed by atoms with E-state index in [4.69, 9.17) is 4.74 Å². The number of rotatable bonds is 4. The lowest BCUT2D eigenvalue weighted by atomic mass is 10.00. The molecule has 0 spiro atoms. The molecule has 5 heteroatoms. The van der Waals surface area contributed by atoms with Gasteiger partial charge in [-0.3, -0.25) is 4.98 Å². The molecular weight excluding hydrogens is 348 g/mol. The summed E-state index contributed by atoms with van der Waals surface area (Å²) in [5, 5.41) is 14.9. The second-order valence-corrected chi connectivity index (χ2v) is 6.95. The lowest BCUT2D eigenvalue weighted by Crippen LogP contribution is -2.21. The third-order valence-corrected chi connectivity index (χ3v) is 5.15. The average Bonchev–Trinajstić information content (AvgIpc) is 2.76. The molecule has 28 heavy (non-hydrogen) atoms. The van der Waals surface area contributed by atoms with Crippen molar-refractivity contribution >= 4 is 16.6 Å². The van der Waals surface area contributed by atoms with Crippen molar-refractivity contribution in [2.24, 2.45) is 0 Å². The van der Waals surface area contributed by atoms with Gasteiger partial charge in [0.15, 0.2) is 5.82 Å². The molecule has 3 heterocycles. The van der Waals surface area contributed by atoms with Gasteiger partial charge in [-0.15, -0.1) is 5.10 Å². The summed E-state index contributed by atoms with van der Waals surface area (Å²) in [4.78, 5) is 4.09. The van der Waals surface area contributed by atoms with E-state index in [2.05, 4.69) is 38.7 Å². The normalized spacial score (nSPS) is 15.6. The van der Waals surface area contributed by atoms with E-state index in [1.807, 2.05) is 54.9 Å². The summed E-state index contributed by atoms with van der Waals surface area (Å²) in [5.41, 5.74) is 3.31. The van der Waals surface area contributed by atoms with E-state index in [1.165, 1.54) is 11.1 Å². The van der Waals surface area contributed by atoms with Crippen LogP contribution in [0.25, 0.3) is 10.8 Å². The van der Waals surface area contributed by atoms with E-state index in [0.29, 0.717) is 6.61 Å². The molecule has 0 fully saturated rings. The summed E-state index contributed by atoms with van der Waals surface area (Å²) in [6, 6.07) is 20.7. The van der Waals surface area contributed by atoms with Crippen LogP contribution in [0.3, 0.4) is 0 Å². The molecule has 4 aromatic rings. The molecule has 0 saturated carbocycles. The van der Waals surface area contributed by atoms with Crippen LogP contribution in [0.2, 0.25) is 0 Å². The Morgan fingerprint density at radius 2 is 1.68 bits per heavy atom. The zero-order valence-corrected chi connectivity index (χ0v) is 15.4. The first kappa shape index (κ1) is 16.7. The third-order valence-electron chi connectivity index (χ3n) is 5.15. The Bertz CT molecular complexity index is 1110. The maximum absolute atomic E-state index is 5.78. The SMILES string of the molecule is c1ccc2c(c1)OCCC2Nc1nnc(Cc2ccncc2)c2ccccc12. The van der Waals surface area contributed by atoms with Gasteiger partial charge in [0.2, 0.25) is 0 Å². The van der Waals surface area contributed by atoms with E-state index < -0.39 is 0 Å². The van der Waals surface area contributed by atoms with Crippen LogP contribution in [0.1, 0.15) is 29.3 Å². The summed E-state index contributed by atoms with van der Waals surface area (Å²) in [5.74, 6) is 1.76. The number of nitrogens with one attached hydrogen (secondary N) is 1. The molecule has 2 aromatic heterocycles. The van der Waals surface area contributed by atoms with Crippen molar-refractivity contribution in [2.75, 3.05) is 11.9 Å². The number of aromatic nitrogens is 3. The van der Waals surface area contributed by atoms with E-state index in [9.17, 15) is 0 Å². The Balaban J connectivity index is 1.51. The van der Waals surface area contributed by atoms with E-state index >= 15 is 0 Å². The number of hydrogen-bond acceptors (Lipinski definition) is 5. The molecule has 0 aliphatic carbocycles. The fraction of sp³-hybridized carbons (Fsp3) is 0.174. The van der Waals surface area contributed by atoms with Gasteiger partial charge in [-0.25, -0.2) is 0 Å². The van der Waals surface area contributed by atoms with Crippen LogP contribution in [0.15, 0.2) is 73.1 Å². The van der Waals surface area contributed by atoms with Crippen molar-refractivity contribution in [3.63, 3.8) is 0 Å². The van der Waals surface area contributed by atoms with Crippen LogP contribution in [0, 0.1) is 0 Å². The minimum absolute atomic E-state index is 0.161. The van der Waals surface area contributed by atoms with Gasteiger partial charge in [-0.05, 0) is 23.8 Å². The topological polar surface area (TPSA) is 59.9 Å². The molecular formula is C23H20N4O. The zero-order valence-electron chi connectivity index (χ0n) is 15.4. The van der Waals surface area contributed by atoms with Crippen molar-refractivity contribution in [3.8, 4) is 5.75 Å². The number of pyridine rings is 1. The molecule has 138 valence electrons. The molecule has 5 rings (SSSR count). The quantitative estimate of drug-likeness (QED) is 0.573. The summed E-state index contributed by atoms with van der Waals surface area (Å²) in [7, 11) is 0. The van der Waals surface area contributed by atoms with Gasteiger partial charge >= 0.3 is 0 Å². The molecule has 1 atom stereocenters. The average molecular weight is 368 g/mol. The van der Waals surface area contributed by atoms with Gasteiger partial charge in [-0.1, -0.05) is 42.5 Å². The first-order valence-electron chi connectivity index (χ1n) is 9.50. The highest BCUT2D eigenvalue weighted by Gasteiger charge is 2.22. The molecule has 0 radical (unpaired) electrons. The van der Waals surface area contributed by atoms with Gasteiger partial charge in [0.05, 0.1) is 18.3 Å². The number of fused-ring (bicyclic) bond motifs is 2. The Morgan fingerprint density at radius 1 is 0.893 bits per heavy atom. The smallest absolute Gasteiger partial charge is 0.157 e.